The lowest BCUT2D eigenvalue weighted by atomic mass is 9.68. The van der Waals surface area contributed by atoms with E-state index in [9.17, 15) is 29.7 Å². The van der Waals surface area contributed by atoms with E-state index < -0.39 is 46.0 Å². The molecule has 4 rings (SSSR count). The molecule has 158 valence electrons. The van der Waals surface area contributed by atoms with Crippen LogP contribution in [0.15, 0.2) is 9.21 Å². The smallest absolute Gasteiger partial charge is 0.339 e. The predicted octanol–water partition coefficient (Wildman–Crippen LogP) is 2.53. The fraction of sp³-hybridized carbons (Fsp3) is 0.409. The summed E-state index contributed by atoms with van der Waals surface area (Å²) in [5, 5.41) is 32.6. The van der Waals surface area contributed by atoms with E-state index in [2.05, 4.69) is 0 Å². The summed E-state index contributed by atoms with van der Waals surface area (Å²) in [6.07, 6.45) is 0.957. The highest BCUT2D eigenvalue weighted by molar-refractivity contribution is 6.14. The van der Waals surface area contributed by atoms with E-state index in [-0.39, 0.29) is 29.1 Å². The molecular formula is C22H22O8. The summed E-state index contributed by atoms with van der Waals surface area (Å²) < 4.78 is 10.3. The van der Waals surface area contributed by atoms with Crippen LogP contribution in [-0.2, 0) is 21.4 Å². The third-order valence-electron chi connectivity index (χ3n) is 6.38. The summed E-state index contributed by atoms with van der Waals surface area (Å²) in [7, 11) is 0. The van der Waals surface area contributed by atoms with E-state index in [1.54, 1.807) is 20.8 Å². The molecule has 0 saturated heterocycles. The molecule has 1 aromatic heterocycles. The topological polar surface area (TPSA) is 134 Å². The van der Waals surface area contributed by atoms with E-state index >= 15 is 0 Å². The van der Waals surface area contributed by atoms with Crippen molar-refractivity contribution in [3.63, 3.8) is 0 Å². The first kappa shape index (κ1) is 20.0. The van der Waals surface area contributed by atoms with Crippen molar-refractivity contribution in [2.24, 2.45) is 0 Å². The van der Waals surface area contributed by atoms with E-state index in [0.717, 1.165) is 0 Å². The van der Waals surface area contributed by atoms with Gasteiger partial charge < -0.3 is 24.5 Å². The van der Waals surface area contributed by atoms with Gasteiger partial charge in [-0.05, 0) is 25.3 Å². The van der Waals surface area contributed by atoms with Gasteiger partial charge in [-0.2, -0.15) is 0 Å². The Balaban J connectivity index is 2.02. The summed E-state index contributed by atoms with van der Waals surface area (Å²) in [5.74, 6) is -3.73. The average Bonchev–Trinajstić information content (AvgIpc) is 3.03. The molecule has 1 heterocycles. The Bertz CT molecular complexity index is 1190. The first-order valence-corrected chi connectivity index (χ1v) is 9.67. The molecule has 0 amide bonds. The fourth-order valence-electron chi connectivity index (χ4n) is 4.87. The predicted molar refractivity (Wildman–Crippen MR) is 104 cm³/mol. The number of phenolic OH excluding ortho intramolecular Hbond substituents is 3. The maximum absolute atomic E-state index is 13.3. The van der Waals surface area contributed by atoms with Crippen LogP contribution in [0.5, 0.6) is 17.2 Å². The van der Waals surface area contributed by atoms with Gasteiger partial charge in [0.2, 0.25) is 5.78 Å². The number of fused-ring (bicyclic) bond motifs is 2. The van der Waals surface area contributed by atoms with Gasteiger partial charge in [0, 0.05) is 40.5 Å². The van der Waals surface area contributed by atoms with Gasteiger partial charge >= 0.3 is 11.6 Å². The number of benzene rings is 1. The molecule has 0 unspecified atom stereocenters. The number of esters is 1. The van der Waals surface area contributed by atoms with Crippen LogP contribution in [0.2, 0.25) is 0 Å². The minimum Gasteiger partial charge on any atom is -0.507 e. The SMILES string of the molecule is CC(=O)OC[C@@H](C)c1c(O)c(O)c2c(c1O)C(=O)c1oc(=O)c(C)c3c1[C@]2(C)CC3. The average molecular weight is 414 g/mol. The number of ketones is 1. The minimum atomic E-state index is -0.924. The summed E-state index contributed by atoms with van der Waals surface area (Å²) in [6, 6.07) is 0. The Hall–Kier alpha value is -3.29. The van der Waals surface area contributed by atoms with Gasteiger partial charge in [-0.15, -0.1) is 0 Å². The molecule has 0 fully saturated rings. The Morgan fingerprint density at radius 2 is 1.83 bits per heavy atom. The lowest BCUT2D eigenvalue weighted by Crippen LogP contribution is -2.33. The number of hydrogen-bond acceptors (Lipinski definition) is 8. The van der Waals surface area contributed by atoms with Crippen molar-refractivity contribution in [2.75, 3.05) is 6.61 Å². The Morgan fingerprint density at radius 3 is 2.47 bits per heavy atom. The molecule has 30 heavy (non-hydrogen) atoms. The monoisotopic (exact) mass is 414 g/mol. The third kappa shape index (κ3) is 2.42. The Labute approximate surface area is 171 Å². The summed E-state index contributed by atoms with van der Waals surface area (Å²) in [4.78, 5) is 36.7. The molecule has 2 aliphatic rings. The van der Waals surface area contributed by atoms with Crippen LogP contribution in [-0.4, -0.2) is 33.7 Å². The molecule has 0 radical (unpaired) electrons. The largest absolute Gasteiger partial charge is 0.507 e. The van der Waals surface area contributed by atoms with Crippen LogP contribution >= 0.6 is 0 Å². The minimum absolute atomic E-state index is 0.111. The number of phenols is 3. The van der Waals surface area contributed by atoms with Crippen LogP contribution < -0.4 is 5.63 Å². The fourth-order valence-corrected chi connectivity index (χ4v) is 4.87. The molecule has 8 heteroatoms. The van der Waals surface area contributed by atoms with Crippen molar-refractivity contribution < 1.29 is 34.1 Å². The van der Waals surface area contributed by atoms with Gasteiger partial charge in [0.25, 0.3) is 0 Å². The highest BCUT2D eigenvalue weighted by Gasteiger charge is 2.51. The third-order valence-corrected chi connectivity index (χ3v) is 6.38. The maximum Gasteiger partial charge on any atom is 0.339 e. The van der Waals surface area contributed by atoms with Gasteiger partial charge in [-0.1, -0.05) is 13.8 Å². The molecule has 0 saturated carbocycles. The number of ether oxygens (including phenoxy) is 1. The van der Waals surface area contributed by atoms with Gasteiger partial charge in [0.1, 0.15) is 5.75 Å². The molecule has 3 N–H and O–H groups in total. The standard InChI is InChI=1S/C22H22O8/c1-8(7-29-10(3)23)12-16(24)13-15(19(27)17(12)25)22(4)6-5-11-9(2)21(28)30-20(14(11)22)18(13)26/h8,24-25,27H,5-7H2,1-4H3/t8-,22+/m1/s1. The van der Waals surface area contributed by atoms with E-state index in [1.807, 2.05) is 0 Å². The zero-order chi connectivity index (χ0) is 22.1. The molecule has 2 atom stereocenters. The number of rotatable bonds is 3. The number of carbonyl (C=O) groups excluding carboxylic acids is 2. The Kier molecular flexibility index (Phi) is 4.24. The lowest BCUT2D eigenvalue weighted by molar-refractivity contribution is -0.141. The molecule has 1 aromatic carbocycles. The van der Waals surface area contributed by atoms with Crippen molar-refractivity contribution in [2.45, 2.75) is 51.9 Å². The van der Waals surface area contributed by atoms with E-state index in [4.69, 9.17) is 9.15 Å². The molecule has 0 aliphatic heterocycles. The van der Waals surface area contributed by atoms with Crippen molar-refractivity contribution in [1.82, 2.24) is 0 Å². The van der Waals surface area contributed by atoms with Crippen molar-refractivity contribution in [3.05, 3.63) is 49.6 Å². The highest BCUT2D eigenvalue weighted by Crippen LogP contribution is 2.58. The van der Waals surface area contributed by atoms with Crippen LogP contribution in [0.4, 0.5) is 0 Å². The van der Waals surface area contributed by atoms with Gasteiger partial charge in [0.15, 0.2) is 17.3 Å². The quantitative estimate of drug-likeness (QED) is 0.396. The maximum atomic E-state index is 13.3. The van der Waals surface area contributed by atoms with Crippen LogP contribution in [0.1, 0.15) is 77.0 Å². The van der Waals surface area contributed by atoms with Crippen LogP contribution in [0, 0.1) is 6.92 Å². The summed E-state index contributed by atoms with van der Waals surface area (Å²) >= 11 is 0. The van der Waals surface area contributed by atoms with Crippen LogP contribution in [0.25, 0.3) is 0 Å². The van der Waals surface area contributed by atoms with Gasteiger partial charge in [-0.3, -0.25) is 9.59 Å². The number of hydrogen-bond donors (Lipinski definition) is 3. The lowest BCUT2D eigenvalue weighted by Gasteiger charge is -2.35. The van der Waals surface area contributed by atoms with Crippen molar-refractivity contribution >= 4 is 11.8 Å². The molecule has 2 aromatic rings. The second-order valence-electron chi connectivity index (χ2n) is 8.27. The van der Waals surface area contributed by atoms with E-state index in [1.165, 1.54) is 6.92 Å². The number of aromatic hydroxyl groups is 3. The van der Waals surface area contributed by atoms with Gasteiger partial charge in [-0.25, -0.2) is 4.79 Å². The highest BCUT2D eigenvalue weighted by atomic mass is 16.5. The molecule has 8 nitrogen and oxygen atoms in total. The van der Waals surface area contributed by atoms with Crippen molar-refractivity contribution in [3.8, 4) is 17.2 Å². The second-order valence-corrected chi connectivity index (χ2v) is 8.27. The molecule has 0 spiro atoms. The molecule has 2 aliphatic carbocycles. The summed E-state index contributed by atoms with van der Waals surface area (Å²) in [6.45, 7) is 6.04. The molecule has 0 bridgehead atoms. The van der Waals surface area contributed by atoms with Gasteiger partial charge in [0.05, 0.1) is 12.2 Å². The first-order valence-electron chi connectivity index (χ1n) is 9.67. The zero-order valence-electron chi connectivity index (χ0n) is 17.1. The zero-order valence-corrected chi connectivity index (χ0v) is 17.1. The second kappa shape index (κ2) is 6.35. The summed E-state index contributed by atoms with van der Waals surface area (Å²) in [5.41, 5.74) is -0.104. The van der Waals surface area contributed by atoms with Crippen LogP contribution in [0.3, 0.4) is 0 Å². The van der Waals surface area contributed by atoms with E-state index in [0.29, 0.717) is 29.5 Å². The van der Waals surface area contributed by atoms with Crippen molar-refractivity contribution in [1.29, 1.82) is 0 Å². The molecular weight excluding hydrogens is 392 g/mol. The Morgan fingerprint density at radius 1 is 1.17 bits per heavy atom. The normalized spacial score (nSPS) is 19.9. The number of carbonyl (C=O) groups is 2. The first-order chi connectivity index (χ1) is 14.0.